The van der Waals surface area contributed by atoms with Crippen LogP contribution in [0.1, 0.15) is 27.6 Å². The van der Waals surface area contributed by atoms with E-state index in [4.69, 9.17) is 34.8 Å². The maximum Gasteiger partial charge on any atom is 0.283 e. The lowest BCUT2D eigenvalue weighted by molar-refractivity contribution is -0.120. The fourth-order valence-corrected chi connectivity index (χ4v) is 4.11. The first-order valence-electron chi connectivity index (χ1n) is 10.2. The van der Waals surface area contributed by atoms with Crippen molar-refractivity contribution in [1.29, 1.82) is 0 Å². The lowest BCUT2D eigenvalue weighted by Gasteiger charge is -2.16. The van der Waals surface area contributed by atoms with Gasteiger partial charge in [0.2, 0.25) is 0 Å². The van der Waals surface area contributed by atoms with Crippen molar-refractivity contribution < 1.29 is 19.2 Å². The maximum atomic E-state index is 12.9. The summed E-state index contributed by atoms with van der Waals surface area (Å²) >= 11 is 18.1. The summed E-state index contributed by atoms with van der Waals surface area (Å²) < 4.78 is 0. The smallest absolute Gasteiger partial charge is 0.283 e. The molecule has 3 aromatic carbocycles. The van der Waals surface area contributed by atoms with Crippen molar-refractivity contribution in [3.8, 4) is 0 Å². The number of nitrogens with zero attached hydrogens (tertiary/aromatic N) is 1. The molecule has 176 valence electrons. The fourth-order valence-electron chi connectivity index (χ4n) is 3.38. The van der Waals surface area contributed by atoms with Crippen LogP contribution in [0.25, 0.3) is 0 Å². The first-order chi connectivity index (χ1) is 16.6. The number of carbonyl (C=O) groups is 4. The second-order valence-electron chi connectivity index (χ2n) is 7.56. The highest BCUT2D eigenvalue weighted by Gasteiger charge is 2.39. The highest BCUT2D eigenvalue weighted by molar-refractivity contribution is 6.53. The molecule has 0 aliphatic carbocycles. The molecule has 3 aromatic rings. The molecule has 3 amide bonds. The van der Waals surface area contributed by atoms with E-state index >= 15 is 0 Å². The average Bonchev–Trinajstić information content (AvgIpc) is 3.02. The number of ketones is 1. The van der Waals surface area contributed by atoms with Crippen LogP contribution in [0, 0.1) is 0 Å². The predicted octanol–water partition coefficient (Wildman–Crippen LogP) is 5.88. The van der Waals surface area contributed by atoms with Gasteiger partial charge < -0.3 is 10.6 Å². The van der Waals surface area contributed by atoms with Crippen LogP contribution in [-0.4, -0.2) is 23.5 Å². The zero-order chi connectivity index (χ0) is 25.3. The van der Waals surface area contributed by atoms with Gasteiger partial charge >= 0.3 is 0 Å². The van der Waals surface area contributed by atoms with E-state index in [1.54, 1.807) is 36.4 Å². The van der Waals surface area contributed by atoms with E-state index in [2.05, 4.69) is 10.6 Å². The number of hydrogen-bond donors (Lipinski definition) is 2. The second-order valence-corrected chi connectivity index (χ2v) is 8.81. The first-order valence-corrected chi connectivity index (χ1v) is 11.3. The van der Waals surface area contributed by atoms with Crippen molar-refractivity contribution in [2.75, 3.05) is 15.5 Å². The SMILES string of the molecule is CC(=O)c1cccc(NC(=O)c2ccc(NC3=C(Cl)C(=O)N(c4cc(Cl)cc(Cl)c4)C3=O)cc2)c1. The van der Waals surface area contributed by atoms with Gasteiger partial charge in [-0.2, -0.15) is 0 Å². The van der Waals surface area contributed by atoms with Gasteiger partial charge in [-0.15, -0.1) is 0 Å². The number of carbonyl (C=O) groups excluding carboxylic acids is 4. The molecule has 0 radical (unpaired) electrons. The third-order valence-corrected chi connectivity index (χ3v) is 5.86. The van der Waals surface area contributed by atoms with Crippen LogP contribution in [0.4, 0.5) is 17.1 Å². The molecule has 0 aromatic heterocycles. The highest BCUT2D eigenvalue weighted by atomic mass is 35.5. The predicted molar refractivity (Wildman–Crippen MR) is 136 cm³/mol. The van der Waals surface area contributed by atoms with Crippen LogP contribution in [0.5, 0.6) is 0 Å². The molecule has 7 nitrogen and oxygen atoms in total. The molecule has 2 N–H and O–H groups in total. The zero-order valence-corrected chi connectivity index (χ0v) is 20.3. The molecular formula is C25H16Cl3N3O4. The number of amides is 3. The molecule has 0 unspecified atom stereocenters. The van der Waals surface area contributed by atoms with Crippen LogP contribution in [-0.2, 0) is 9.59 Å². The molecule has 10 heteroatoms. The Bertz CT molecular complexity index is 1400. The highest BCUT2D eigenvalue weighted by Crippen LogP contribution is 2.33. The van der Waals surface area contributed by atoms with E-state index in [0.29, 0.717) is 22.5 Å². The number of anilines is 3. The summed E-state index contributed by atoms with van der Waals surface area (Å²) in [5.74, 6) is -1.89. The number of benzene rings is 3. The maximum absolute atomic E-state index is 12.9. The number of halogens is 3. The van der Waals surface area contributed by atoms with Crippen molar-refractivity contribution in [2.45, 2.75) is 6.92 Å². The van der Waals surface area contributed by atoms with E-state index in [1.165, 1.54) is 37.3 Å². The van der Waals surface area contributed by atoms with E-state index in [-0.39, 0.29) is 38.2 Å². The number of rotatable bonds is 6. The molecule has 1 aliphatic heterocycles. The Morgan fingerprint density at radius 2 is 1.43 bits per heavy atom. The Kier molecular flexibility index (Phi) is 6.93. The Hall–Kier alpha value is -3.65. The second kappa shape index (κ2) is 9.92. The third-order valence-electron chi connectivity index (χ3n) is 5.08. The average molecular weight is 529 g/mol. The number of hydrogen-bond acceptors (Lipinski definition) is 5. The van der Waals surface area contributed by atoms with E-state index in [9.17, 15) is 19.2 Å². The van der Waals surface area contributed by atoms with Gasteiger partial charge in [0.1, 0.15) is 10.7 Å². The van der Waals surface area contributed by atoms with Crippen molar-refractivity contribution in [1.82, 2.24) is 0 Å². The minimum absolute atomic E-state index is 0.110. The minimum atomic E-state index is -0.721. The van der Waals surface area contributed by atoms with Gasteiger partial charge in [-0.25, -0.2) is 4.90 Å². The Balaban J connectivity index is 1.48. The summed E-state index contributed by atoms with van der Waals surface area (Å²) in [5, 5.41) is 5.79. The van der Waals surface area contributed by atoms with E-state index in [1.807, 2.05) is 0 Å². The van der Waals surface area contributed by atoms with Gasteiger partial charge in [0, 0.05) is 32.5 Å². The van der Waals surface area contributed by atoms with Gasteiger partial charge in [-0.1, -0.05) is 46.9 Å². The van der Waals surface area contributed by atoms with Gasteiger partial charge in [-0.05, 0) is 61.5 Å². The lowest BCUT2D eigenvalue weighted by atomic mass is 10.1. The summed E-state index contributed by atoms with van der Waals surface area (Å²) in [6.45, 7) is 1.44. The summed E-state index contributed by atoms with van der Waals surface area (Å²) in [7, 11) is 0. The van der Waals surface area contributed by atoms with Crippen LogP contribution >= 0.6 is 34.8 Å². The molecule has 0 spiro atoms. The summed E-state index contributed by atoms with van der Waals surface area (Å²) in [5.41, 5.74) is 1.81. The lowest BCUT2D eigenvalue weighted by Crippen LogP contribution is -2.32. The van der Waals surface area contributed by atoms with Crippen LogP contribution in [0.3, 0.4) is 0 Å². The third kappa shape index (κ3) is 5.22. The molecule has 0 saturated heterocycles. The Morgan fingerprint density at radius 1 is 0.771 bits per heavy atom. The van der Waals surface area contributed by atoms with E-state index < -0.39 is 11.8 Å². The Labute approximate surface area is 215 Å². The molecule has 4 rings (SSSR count). The van der Waals surface area contributed by atoms with Gasteiger partial charge in [0.25, 0.3) is 17.7 Å². The van der Waals surface area contributed by atoms with Crippen molar-refractivity contribution in [3.05, 3.63) is 98.6 Å². The molecule has 0 bridgehead atoms. The minimum Gasteiger partial charge on any atom is -0.350 e. The van der Waals surface area contributed by atoms with Gasteiger partial charge in [0.15, 0.2) is 5.78 Å². The first kappa shape index (κ1) is 24.5. The molecule has 1 heterocycles. The standard InChI is InChI=1S/C25H16Cl3N3O4/c1-13(32)15-3-2-4-19(9-15)30-23(33)14-5-7-18(8-6-14)29-22-21(28)24(34)31(25(22)35)20-11-16(26)10-17(27)12-20/h2-12,29H,1H3,(H,30,33). The largest absolute Gasteiger partial charge is 0.350 e. The van der Waals surface area contributed by atoms with Crippen molar-refractivity contribution in [3.63, 3.8) is 0 Å². The molecular weight excluding hydrogens is 513 g/mol. The molecule has 1 aliphatic rings. The number of Topliss-reactive ketones (excluding diaryl/α,β-unsaturated/α-hetero) is 1. The molecule has 0 fully saturated rings. The quantitative estimate of drug-likeness (QED) is 0.307. The summed E-state index contributed by atoms with van der Waals surface area (Å²) in [6.07, 6.45) is 0. The monoisotopic (exact) mass is 527 g/mol. The molecule has 0 atom stereocenters. The fraction of sp³-hybridized carbons (Fsp3) is 0.0400. The number of nitrogens with one attached hydrogen (secondary N) is 2. The van der Waals surface area contributed by atoms with Crippen molar-refractivity contribution in [2.24, 2.45) is 0 Å². The number of imide groups is 1. The van der Waals surface area contributed by atoms with Gasteiger partial charge in [-0.3, -0.25) is 19.2 Å². The zero-order valence-electron chi connectivity index (χ0n) is 18.1. The van der Waals surface area contributed by atoms with Crippen LogP contribution in [0.2, 0.25) is 10.0 Å². The molecule has 0 saturated carbocycles. The van der Waals surface area contributed by atoms with Gasteiger partial charge in [0.05, 0.1) is 5.69 Å². The van der Waals surface area contributed by atoms with Crippen LogP contribution in [0.15, 0.2) is 77.5 Å². The van der Waals surface area contributed by atoms with Crippen molar-refractivity contribution >= 4 is 75.4 Å². The Morgan fingerprint density at radius 3 is 2.06 bits per heavy atom. The molecule has 35 heavy (non-hydrogen) atoms. The van der Waals surface area contributed by atoms with Crippen LogP contribution < -0.4 is 15.5 Å². The summed E-state index contributed by atoms with van der Waals surface area (Å²) in [4.78, 5) is 50.6. The normalized spacial score (nSPS) is 13.3. The summed E-state index contributed by atoms with van der Waals surface area (Å²) in [6, 6.07) is 17.1. The topological polar surface area (TPSA) is 95.6 Å². The van der Waals surface area contributed by atoms with E-state index in [0.717, 1.165) is 4.90 Å².